The summed E-state index contributed by atoms with van der Waals surface area (Å²) in [6.45, 7) is 1.21. The van der Waals surface area contributed by atoms with Gasteiger partial charge in [0, 0.05) is 35.2 Å². The monoisotopic (exact) mass is 416 g/mol. The molecule has 0 radical (unpaired) electrons. The second-order valence-electron chi connectivity index (χ2n) is 6.65. The Balaban J connectivity index is 1.62. The summed E-state index contributed by atoms with van der Waals surface area (Å²) in [5.74, 6) is -0.491. The van der Waals surface area contributed by atoms with Gasteiger partial charge in [0.05, 0.1) is 5.69 Å². The third kappa shape index (κ3) is 3.03. The van der Waals surface area contributed by atoms with Crippen molar-refractivity contribution in [1.29, 1.82) is 0 Å². The Morgan fingerprint density at radius 2 is 1.77 bits per heavy atom. The molecule has 6 heteroatoms. The Bertz CT molecular complexity index is 882. The number of hydrogen-bond acceptors (Lipinski definition) is 2. The summed E-state index contributed by atoms with van der Waals surface area (Å²) < 4.78 is 15.2. The summed E-state index contributed by atoms with van der Waals surface area (Å²) in [4.78, 5) is 28.1. The fourth-order valence-electron chi connectivity index (χ4n) is 3.72. The highest BCUT2D eigenvalue weighted by Gasteiger charge is 2.27. The highest BCUT2D eigenvalue weighted by molar-refractivity contribution is 9.10. The Labute approximate surface area is 159 Å². The van der Waals surface area contributed by atoms with Crippen LogP contribution in [0.3, 0.4) is 0 Å². The van der Waals surface area contributed by atoms with Crippen molar-refractivity contribution in [3.05, 3.63) is 57.8 Å². The number of benzene rings is 2. The van der Waals surface area contributed by atoms with E-state index in [4.69, 9.17) is 0 Å². The number of amides is 2. The van der Waals surface area contributed by atoms with E-state index in [-0.39, 0.29) is 17.6 Å². The third-order valence-electron chi connectivity index (χ3n) is 4.95. The zero-order valence-electron chi connectivity index (χ0n) is 14.2. The van der Waals surface area contributed by atoms with Gasteiger partial charge in [-0.1, -0.05) is 15.9 Å². The summed E-state index contributed by atoms with van der Waals surface area (Å²) >= 11 is 3.31. The molecule has 1 fully saturated rings. The molecule has 2 aromatic rings. The topological polar surface area (TPSA) is 40.6 Å². The zero-order chi connectivity index (χ0) is 18.3. The van der Waals surface area contributed by atoms with Crippen LogP contribution in [0.15, 0.2) is 40.9 Å². The quantitative estimate of drug-likeness (QED) is 0.731. The van der Waals surface area contributed by atoms with Gasteiger partial charge in [0.15, 0.2) is 0 Å². The molecule has 0 spiro atoms. The highest BCUT2D eigenvalue weighted by atomic mass is 79.9. The van der Waals surface area contributed by atoms with E-state index in [0.717, 1.165) is 30.5 Å². The minimum absolute atomic E-state index is 0.113. The molecule has 4 rings (SSSR count). The third-order valence-corrected chi connectivity index (χ3v) is 5.41. The number of rotatable bonds is 2. The van der Waals surface area contributed by atoms with E-state index < -0.39 is 0 Å². The van der Waals surface area contributed by atoms with Crippen molar-refractivity contribution in [2.45, 2.75) is 25.7 Å². The molecule has 0 saturated carbocycles. The highest BCUT2D eigenvalue weighted by Crippen LogP contribution is 2.34. The van der Waals surface area contributed by atoms with Gasteiger partial charge in [0.2, 0.25) is 5.91 Å². The lowest BCUT2D eigenvalue weighted by Gasteiger charge is -2.30. The first-order valence-electron chi connectivity index (χ1n) is 8.75. The average Bonchev–Trinajstić information content (AvgIpc) is 3.06. The van der Waals surface area contributed by atoms with Crippen molar-refractivity contribution in [2.24, 2.45) is 0 Å². The van der Waals surface area contributed by atoms with Crippen LogP contribution < -0.4 is 9.80 Å². The van der Waals surface area contributed by atoms with Crippen molar-refractivity contribution < 1.29 is 14.0 Å². The molecule has 0 N–H and O–H groups in total. The minimum Gasteiger partial charge on any atom is -0.312 e. The minimum atomic E-state index is -0.387. The van der Waals surface area contributed by atoms with Gasteiger partial charge >= 0.3 is 0 Å². The van der Waals surface area contributed by atoms with Gasteiger partial charge in [-0.3, -0.25) is 9.59 Å². The predicted octanol–water partition coefficient (Wildman–Crippen LogP) is 4.31. The molecular weight excluding hydrogens is 399 g/mol. The van der Waals surface area contributed by atoms with Gasteiger partial charge in [0.25, 0.3) is 5.91 Å². The SMILES string of the molecule is O=C1CCCN1c1ccc(C(=O)N2CCCc3cc(Br)cc(F)c32)cc1. The summed E-state index contributed by atoms with van der Waals surface area (Å²) in [6.07, 6.45) is 2.99. The van der Waals surface area contributed by atoms with Crippen molar-refractivity contribution in [3.8, 4) is 0 Å². The van der Waals surface area contributed by atoms with Gasteiger partial charge in [-0.25, -0.2) is 4.39 Å². The number of nitrogens with zero attached hydrogens (tertiary/aromatic N) is 2. The maximum absolute atomic E-state index is 14.5. The summed E-state index contributed by atoms with van der Waals surface area (Å²) in [6, 6.07) is 10.3. The number of anilines is 2. The Hall–Kier alpha value is -2.21. The smallest absolute Gasteiger partial charge is 0.258 e. The summed E-state index contributed by atoms with van der Waals surface area (Å²) in [5, 5.41) is 0. The lowest BCUT2D eigenvalue weighted by Crippen LogP contribution is -2.36. The molecule has 2 aliphatic rings. The van der Waals surface area contributed by atoms with Crippen molar-refractivity contribution in [3.63, 3.8) is 0 Å². The molecule has 4 nitrogen and oxygen atoms in total. The Morgan fingerprint density at radius 1 is 1.04 bits per heavy atom. The summed E-state index contributed by atoms with van der Waals surface area (Å²) in [5.41, 5.74) is 2.52. The van der Waals surface area contributed by atoms with Crippen LogP contribution in [0.2, 0.25) is 0 Å². The number of hydrogen-bond donors (Lipinski definition) is 0. The van der Waals surface area contributed by atoms with Gasteiger partial charge in [-0.2, -0.15) is 0 Å². The van der Waals surface area contributed by atoms with E-state index in [2.05, 4.69) is 15.9 Å². The normalized spacial score (nSPS) is 16.8. The number of fused-ring (bicyclic) bond motifs is 1. The average molecular weight is 417 g/mol. The molecule has 2 aliphatic heterocycles. The molecule has 26 heavy (non-hydrogen) atoms. The van der Waals surface area contributed by atoms with Crippen molar-refractivity contribution >= 4 is 39.1 Å². The molecule has 0 aromatic heterocycles. The molecule has 2 aromatic carbocycles. The van der Waals surface area contributed by atoms with Crippen LogP contribution in [0.4, 0.5) is 15.8 Å². The molecule has 134 valence electrons. The first kappa shape index (κ1) is 17.2. The molecular formula is C20H18BrFN2O2. The molecule has 0 bridgehead atoms. The molecule has 0 unspecified atom stereocenters. The second-order valence-corrected chi connectivity index (χ2v) is 7.57. The Morgan fingerprint density at radius 3 is 2.46 bits per heavy atom. The van der Waals surface area contributed by atoms with Crippen LogP contribution in [-0.4, -0.2) is 24.9 Å². The zero-order valence-corrected chi connectivity index (χ0v) is 15.8. The fraction of sp³-hybridized carbons (Fsp3) is 0.300. The lowest BCUT2D eigenvalue weighted by molar-refractivity contribution is -0.117. The predicted molar refractivity (Wildman–Crippen MR) is 102 cm³/mol. The number of halogens is 2. The molecule has 0 aliphatic carbocycles. The molecule has 2 amide bonds. The van der Waals surface area contributed by atoms with Crippen molar-refractivity contribution in [1.82, 2.24) is 0 Å². The van der Waals surface area contributed by atoms with E-state index in [1.807, 2.05) is 6.07 Å². The van der Waals surface area contributed by atoms with Crippen LogP contribution in [0.5, 0.6) is 0 Å². The van der Waals surface area contributed by atoms with Crippen LogP contribution in [0, 0.1) is 5.82 Å². The van der Waals surface area contributed by atoms with Crippen LogP contribution in [0.1, 0.15) is 35.2 Å². The standard InChI is InChI=1S/C20H18BrFN2O2/c21-15-11-14-3-1-10-24(19(14)17(22)12-15)20(26)13-5-7-16(8-6-13)23-9-2-4-18(23)25/h5-8,11-12H,1-4,9-10H2. The second kappa shape index (κ2) is 6.83. The van der Waals surface area contributed by atoms with Gasteiger partial charge in [0.1, 0.15) is 5.82 Å². The first-order valence-corrected chi connectivity index (χ1v) is 9.54. The Kier molecular flexibility index (Phi) is 4.53. The van der Waals surface area contributed by atoms with E-state index in [1.54, 1.807) is 29.2 Å². The van der Waals surface area contributed by atoms with Gasteiger partial charge in [-0.15, -0.1) is 0 Å². The number of aryl methyl sites for hydroxylation is 1. The van der Waals surface area contributed by atoms with Crippen molar-refractivity contribution in [2.75, 3.05) is 22.9 Å². The summed E-state index contributed by atoms with van der Waals surface area (Å²) in [7, 11) is 0. The molecule has 2 heterocycles. The largest absolute Gasteiger partial charge is 0.312 e. The van der Waals surface area contributed by atoms with Crippen LogP contribution >= 0.6 is 15.9 Å². The van der Waals surface area contributed by atoms with Gasteiger partial charge < -0.3 is 9.80 Å². The van der Waals surface area contributed by atoms with E-state index in [1.165, 1.54) is 11.0 Å². The number of carbonyl (C=O) groups excluding carboxylic acids is 2. The van der Waals surface area contributed by atoms with E-state index >= 15 is 0 Å². The molecule has 0 atom stereocenters. The van der Waals surface area contributed by atoms with Crippen LogP contribution in [-0.2, 0) is 11.2 Å². The maximum Gasteiger partial charge on any atom is 0.258 e. The van der Waals surface area contributed by atoms with E-state index in [0.29, 0.717) is 35.2 Å². The van der Waals surface area contributed by atoms with Gasteiger partial charge in [-0.05, 0) is 61.2 Å². The number of carbonyl (C=O) groups is 2. The molecule has 1 saturated heterocycles. The fourth-order valence-corrected chi connectivity index (χ4v) is 4.19. The lowest BCUT2D eigenvalue weighted by atomic mass is 10.00. The van der Waals surface area contributed by atoms with E-state index in [9.17, 15) is 14.0 Å². The van der Waals surface area contributed by atoms with Crippen LogP contribution in [0.25, 0.3) is 0 Å². The maximum atomic E-state index is 14.5. The first-order chi connectivity index (χ1) is 12.5.